The second kappa shape index (κ2) is 30.8. The van der Waals surface area contributed by atoms with E-state index in [1.165, 1.54) is 59.1 Å². The van der Waals surface area contributed by atoms with E-state index >= 15 is 0 Å². The van der Waals surface area contributed by atoms with Gasteiger partial charge in [-0.25, -0.2) is 4.57 Å². The van der Waals surface area contributed by atoms with Crippen molar-refractivity contribution in [2.75, 3.05) is 51.2 Å². The van der Waals surface area contributed by atoms with Crippen LogP contribution in [0.25, 0.3) is 28.2 Å². The number of anilines is 1. The molecule has 0 aliphatic carbocycles. The Morgan fingerprint density at radius 1 is 0.595 bits per heavy atom. The number of hydrogen-bond donors (Lipinski definition) is 1. The molecule has 0 aliphatic heterocycles. The number of nitro benzene ring substituents is 6. The largest absolute Gasteiger partial charge is 1.00 e. The standard InChI is InChI=1S/C54H67N11O13.BrH/c1-5-65(6-2,7-3)34-18-31-58-32-27-40(28-33-58)19-20-41-21-22-43-36-44(24-23-42(43)35-41)57(4)30-17-15-13-11-9-8-10-12-14-16-29-55-51(66)26-25-46-47(60(69)70)39-50(63(75)76)53(54(46)64(77)78)56-52-48(61(71)72)37-45(59(67)68)38-49(52)62(73)74;/h19-24,27-28,32-33,35-39H,5-18,25-26,29-31,34H2,1-4H3;1H. The van der Waals surface area contributed by atoms with Gasteiger partial charge in [-0.15, -0.1) is 0 Å². The molecule has 0 fully saturated rings. The summed E-state index contributed by atoms with van der Waals surface area (Å²) in [5, 5.41) is 80.1. The van der Waals surface area contributed by atoms with Gasteiger partial charge in [0.1, 0.15) is 5.56 Å². The summed E-state index contributed by atoms with van der Waals surface area (Å²) in [6.45, 7) is 13.8. The van der Waals surface area contributed by atoms with Gasteiger partial charge in [0, 0.05) is 55.8 Å². The third-order valence-electron chi connectivity index (χ3n) is 14.4. The first-order valence-corrected chi connectivity index (χ1v) is 26.3. The summed E-state index contributed by atoms with van der Waals surface area (Å²) < 4.78 is 3.45. The molecule has 1 N–H and O–H groups in total. The Kier molecular flexibility index (Phi) is 24.7. The van der Waals surface area contributed by atoms with Gasteiger partial charge in [0.2, 0.25) is 5.91 Å². The number of nitrogens with zero attached hydrogens (tertiary/aromatic N) is 10. The summed E-state index contributed by atoms with van der Waals surface area (Å²) in [6, 6.07) is 18.4. The molecule has 0 spiro atoms. The van der Waals surface area contributed by atoms with Crippen LogP contribution >= 0.6 is 0 Å². The highest BCUT2D eigenvalue weighted by Crippen LogP contribution is 2.54. The molecule has 424 valence electrons. The Bertz CT molecular complexity index is 2970. The van der Waals surface area contributed by atoms with Gasteiger partial charge < -0.3 is 37.0 Å². The minimum Gasteiger partial charge on any atom is -1.00 e. The smallest absolute Gasteiger partial charge is 0.286 e. The van der Waals surface area contributed by atoms with Crippen molar-refractivity contribution in [1.29, 1.82) is 0 Å². The van der Waals surface area contributed by atoms with Crippen LogP contribution in [0.2, 0.25) is 0 Å². The number of amides is 1. The number of unbranched alkanes of at least 4 members (excludes halogenated alkanes) is 9. The number of quaternary nitrogens is 1. The molecule has 5 aromatic rings. The summed E-state index contributed by atoms with van der Waals surface area (Å²) >= 11 is 0. The summed E-state index contributed by atoms with van der Waals surface area (Å²) in [5.41, 5.74) is -7.87. The molecule has 25 heteroatoms. The van der Waals surface area contributed by atoms with Gasteiger partial charge in [0.05, 0.1) is 80.3 Å². The molecule has 5 rings (SSSR count). The van der Waals surface area contributed by atoms with E-state index in [1.807, 2.05) is 0 Å². The van der Waals surface area contributed by atoms with Crippen molar-refractivity contribution >= 4 is 80.0 Å². The van der Waals surface area contributed by atoms with Gasteiger partial charge in [-0.05, 0) is 80.1 Å². The number of non-ortho nitro benzene ring substituents is 1. The minimum atomic E-state index is -1.42. The van der Waals surface area contributed by atoms with Gasteiger partial charge in [0.25, 0.3) is 34.1 Å². The first-order chi connectivity index (χ1) is 37.3. The van der Waals surface area contributed by atoms with Crippen LogP contribution in [0.3, 0.4) is 0 Å². The Hall–Kier alpha value is -8.06. The number of halogens is 1. The maximum atomic E-state index is 12.8. The fraction of sp³-hybridized carbons (Fsp3) is 0.444. The molecule has 0 atom stereocenters. The Labute approximate surface area is 467 Å². The van der Waals surface area contributed by atoms with Gasteiger partial charge in [-0.1, -0.05) is 81.7 Å². The Morgan fingerprint density at radius 2 is 1.11 bits per heavy atom. The van der Waals surface area contributed by atoms with E-state index in [9.17, 15) is 65.5 Å². The van der Waals surface area contributed by atoms with Gasteiger partial charge >= 0.3 is 0 Å². The Morgan fingerprint density at radius 3 is 1.66 bits per heavy atom. The van der Waals surface area contributed by atoms with Crippen LogP contribution < -0.4 is 31.8 Å². The lowest BCUT2D eigenvalue weighted by molar-refractivity contribution is -0.925. The lowest BCUT2D eigenvalue weighted by Gasteiger charge is -2.35. The number of nitro groups is 6. The van der Waals surface area contributed by atoms with E-state index in [0.29, 0.717) is 12.5 Å². The highest BCUT2D eigenvalue weighted by Gasteiger charge is 2.35. The highest BCUT2D eigenvalue weighted by atomic mass is 79.9. The molecular weight excluding hydrogens is 1090 g/mol. The Balaban J connectivity index is 0.0000134. The van der Waals surface area contributed by atoms with Crippen LogP contribution in [-0.2, 0) is 17.8 Å². The maximum absolute atomic E-state index is 12.8. The quantitative estimate of drug-likeness (QED) is 0.0132. The van der Waals surface area contributed by atoms with E-state index < -0.39 is 99.4 Å². The number of pyridine rings is 1. The molecule has 0 saturated heterocycles. The second-order valence-corrected chi connectivity index (χ2v) is 19.2. The van der Waals surface area contributed by atoms with Crippen molar-refractivity contribution in [3.05, 3.63) is 162 Å². The summed E-state index contributed by atoms with van der Waals surface area (Å²) in [6.07, 6.45) is 18.6. The van der Waals surface area contributed by atoms with Crippen LogP contribution in [0.15, 0.2) is 79.1 Å². The second-order valence-electron chi connectivity index (χ2n) is 19.2. The molecule has 24 nitrogen and oxygen atoms in total. The first kappa shape index (κ1) is 63.5. The monoisotopic (exact) mass is 1160 g/mol. The van der Waals surface area contributed by atoms with Crippen LogP contribution in [0, 0.1) is 60.7 Å². The summed E-state index contributed by atoms with van der Waals surface area (Å²) in [7, 11) is 2.13. The highest BCUT2D eigenvalue weighted by molar-refractivity contribution is 5.94. The van der Waals surface area contributed by atoms with Crippen LogP contribution in [0.4, 0.5) is 51.2 Å². The molecule has 1 heterocycles. The molecule has 0 bridgehead atoms. The predicted molar refractivity (Wildman–Crippen MR) is 297 cm³/mol. The molecule has 4 aromatic carbocycles. The molecule has 1 aromatic heterocycles. The van der Waals surface area contributed by atoms with Crippen molar-refractivity contribution < 1.29 is 60.4 Å². The normalized spacial score (nSPS) is 11.3. The summed E-state index contributed by atoms with van der Waals surface area (Å²) in [5.74, 6) is -0.655. The molecule has 0 unspecified atom stereocenters. The molecule has 79 heavy (non-hydrogen) atoms. The number of aromatic nitrogens is 1. The van der Waals surface area contributed by atoms with Gasteiger partial charge in [0.15, 0.2) is 18.9 Å². The topological polar surface area (TPSA) is 309 Å². The number of carbonyl (C=O) groups excluding carboxylic acids is 1. The fourth-order valence-electron chi connectivity index (χ4n) is 9.55. The SMILES string of the molecule is CC[N+](CC)(CC)CCC[n+]1ccc(/C=C/c2ccc3cc(N(C)CCCCCCCCCCCCNC(=O)CCc4c([N+](=O)[O-])cc([N+](=O)[O-])c([N-]c5c([N+](=O)[O-])cc([N+](=O)[O-])cc5[N+](=O)[O-])c4[N+](=O)[O-])ccc3c2)cc1.[Br-]. The van der Waals surface area contributed by atoms with Crippen molar-refractivity contribution in [1.82, 2.24) is 5.32 Å². The third kappa shape index (κ3) is 18.0. The predicted octanol–water partition coefficient (Wildman–Crippen LogP) is 9.44. The van der Waals surface area contributed by atoms with E-state index in [2.05, 4.69) is 121 Å². The number of nitrogens with one attached hydrogen (secondary N) is 1. The number of benzene rings is 4. The zero-order chi connectivity index (χ0) is 56.9. The van der Waals surface area contributed by atoms with Gasteiger partial charge in [-0.3, -0.25) is 65.5 Å². The van der Waals surface area contributed by atoms with Crippen LogP contribution in [0.1, 0.15) is 115 Å². The van der Waals surface area contributed by atoms with Crippen molar-refractivity contribution in [2.45, 2.75) is 111 Å². The average molecular weight is 1160 g/mol. The van der Waals surface area contributed by atoms with E-state index in [-0.39, 0.29) is 35.7 Å². The first-order valence-electron chi connectivity index (χ1n) is 26.3. The zero-order valence-corrected chi connectivity index (χ0v) is 46.5. The number of fused-ring (bicyclic) bond motifs is 1. The minimum absolute atomic E-state index is 0. The lowest BCUT2D eigenvalue weighted by atomic mass is 10.0. The number of hydrogen-bond acceptors (Lipinski definition) is 14. The molecule has 0 radical (unpaired) electrons. The van der Waals surface area contributed by atoms with Crippen molar-refractivity contribution in [3.8, 4) is 0 Å². The van der Waals surface area contributed by atoms with E-state index in [4.69, 9.17) is 0 Å². The number of carbonyl (C=O) groups is 1. The summed E-state index contributed by atoms with van der Waals surface area (Å²) in [4.78, 5) is 79.0. The van der Waals surface area contributed by atoms with E-state index in [1.54, 1.807) is 0 Å². The maximum Gasteiger partial charge on any atom is 0.286 e. The zero-order valence-electron chi connectivity index (χ0n) is 45.0. The third-order valence-corrected chi connectivity index (χ3v) is 14.4. The van der Waals surface area contributed by atoms with E-state index in [0.717, 1.165) is 76.4 Å². The molecule has 0 aliphatic rings. The van der Waals surface area contributed by atoms with Crippen molar-refractivity contribution in [2.24, 2.45) is 0 Å². The molecule has 1 amide bonds. The lowest BCUT2D eigenvalue weighted by Crippen LogP contribution is -3.00. The molecular formula is C54H68BrN11O13. The van der Waals surface area contributed by atoms with Crippen LogP contribution in [0.5, 0.6) is 0 Å². The number of aryl methyl sites for hydroxylation is 1. The molecule has 0 saturated carbocycles. The van der Waals surface area contributed by atoms with Crippen LogP contribution in [-0.4, -0.2) is 86.2 Å². The average Bonchev–Trinajstić information content (AvgIpc) is 3.47. The fourth-order valence-corrected chi connectivity index (χ4v) is 9.55. The number of rotatable bonds is 34. The van der Waals surface area contributed by atoms with Crippen molar-refractivity contribution in [3.63, 3.8) is 0 Å². The van der Waals surface area contributed by atoms with Gasteiger partial charge in [-0.2, -0.15) is 0 Å².